The number of halogens is 3. The van der Waals surface area contributed by atoms with Gasteiger partial charge >= 0.3 is 5.97 Å². The Bertz CT molecular complexity index is 730. The van der Waals surface area contributed by atoms with Crippen molar-refractivity contribution in [1.29, 1.82) is 0 Å². The third-order valence-corrected chi connectivity index (χ3v) is 2.62. The zero-order valence-electron chi connectivity index (χ0n) is 11.3. The van der Waals surface area contributed by atoms with E-state index in [0.717, 1.165) is 0 Å². The summed E-state index contributed by atoms with van der Waals surface area (Å²) in [5.74, 6) is -5.35. The Labute approximate surface area is 123 Å². The molecule has 114 valence electrons. The monoisotopic (exact) mass is 309 g/mol. The Balaban J connectivity index is 2.15. The molecule has 1 amide bonds. The molecule has 0 saturated carbocycles. The van der Waals surface area contributed by atoms with E-state index in [4.69, 9.17) is 4.74 Å². The molecule has 0 fully saturated rings. The molecule has 0 aliphatic rings. The van der Waals surface area contributed by atoms with Crippen LogP contribution in [0.4, 0.5) is 18.9 Å². The van der Waals surface area contributed by atoms with E-state index in [1.54, 1.807) is 0 Å². The maximum atomic E-state index is 13.4. The lowest BCUT2D eigenvalue weighted by Crippen LogP contribution is -2.12. The second-order valence-corrected chi connectivity index (χ2v) is 4.34. The van der Waals surface area contributed by atoms with Crippen molar-refractivity contribution in [3.63, 3.8) is 0 Å². The molecule has 0 radical (unpaired) electrons. The Morgan fingerprint density at radius 2 is 1.55 bits per heavy atom. The number of carbonyl (C=O) groups is 2. The van der Waals surface area contributed by atoms with Crippen LogP contribution in [-0.4, -0.2) is 11.9 Å². The fourth-order valence-corrected chi connectivity index (χ4v) is 1.65. The van der Waals surface area contributed by atoms with E-state index in [0.29, 0.717) is 11.8 Å². The Kier molecular flexibility index (Phi) is 4.45. The van der Waals surface area contributed by atoms with Gasteiger partial charge in [0.1, 0.15) is 11.6 Å². The molecular weight excluding hydrogens is 299 g/mol. The first-order valence-electron chi connectivity index (χ1n) is 6.11. The van der Waals surface area contributed by atoms with Crippen LogP contribution < -0.4 is 10.1 Å². The summed E-state index contributed by atoms with van der Waals surface area (Å²) in [6.07, 6.45) is 0. The van der Waals surface area contributed by atoms with Crippen molar-refractivity contribution in [3.05, 3.63) is 59.4 Å². The molecule has 0 aromatic heterocycles. The number of amides is 1. The van der Waals surface area contributed by atoms with Gasteiger partial charge in [-0.15, -0.1) is 0 Å². The average molecular weight is 309 g/mol. The zero-order chi connectivity index (χ0) is 16.3. The summed E-state index contributed by atoms with van der Waals surface area (Å²) in [5, 5.41) is 2.51. The number of ether oxygens (including phenoxy) is 1. The first-order chi connectivity index (χ1) is 10.4. The molecule has 0 bridgehead atoms. The van der Waals surface area contributed by atoms with Crippen molar-refractivity contribution in [2.24, 2.45) is 0 Å². The highest BCUT2D eigenvalue weighted by molar-refractivity contribution is 5.91. The lowest BCUT2D eigenvalue weighted by Gasteiger charge is -2.07. The van der Waals surface area contributed by atoms with Crippen LogP contribution >= 0.6 is 0 Å². The van der Waals surface area contributed by atoms with Crippen molar-refractivity contribution >= 4 is 17.6 Å². The van der Waals surface area contributed by atoms with E-state index < -0.39 is 29.0 Å². The van der Waals surface area contributed by atoms with Gasteiger partial charge in [-0.1, -0.05) is 0 Å². The topological polar surface area (TPSA) is 55.4 Å². The molecule has 1 N–H and O–H groups in total. The van der Waals surface area contributed by atoms with Gasteiger partial charge in [-0.2, -0.15) is 0 Å². The number of esters is 1. The van der Waals surface area contributed by atoms with Gasteiger partial charge in [-0.25, -0.2) is 18.0 Å². The van der Waals surface area contributed by atoms with Crippen LogP contribution in [0.3, 0.4) is 0 Å². The van der Waals surface area contributed by atoms with E-state index in [1.807, 2.05) is 0 Å². The summed E-state index contributed by atoms with van der Waals surface area (Å²) in [4.78, 5) is 22.6. The highest BCUT2D eigenvalue weighted by Gasteiger charge is 2.18. The van der Waals surface area contributed by atoms with E-state index >= 15 is 0 Å². The van der Waals surface area contributed by atoms with E-state index in [2.05, 4.69) is 5.32 Å². The summed E-state index contributed by atoms with van der Waals surface area (Å²) in [6.45, 7) is 1.33. The van der Waals surface area contributed by atoms with E-state index in [1.165, 1.54) is 31.2 Å². The summed E-state index contributed by atoms with van der Waals surface area (Å²) in [7, 11) is 0. The van der Waals surface area contributed by atoms with Crippen molar-refractivity contribution in [2.75, 3.05) is 5.32 Å². The summed E-state index contributed by atoms with van der Waals surface area (Å²) in [5.41, 5.74) is -0.240. The molecular formula is C15H10F3NO3. The van der Waals surface area contributed by atoms with Gasteiger partial charge in [-0.05, 0) is 30.3 Å². The molecule has 4 nitrogen and oxygen atoms in total. The zero-order valence-corrected chi connectivity index (χ0v) is 11.3. The molecule has 0 spiro atoms. The molecule has 2 rings (SSSR count). The predicted molar refractivity (Wildman–Crippen MR) is 72.0 cm³/mol. The van der Waals surface area contributed by atoms with Gasteiger partial charge in [0.05, 0.1) is 5.56 Å². The number of anilines is 1. The fourth-order valence-electron chi connectivity index (χ4n) is 1.65. The Morgan fingerprint density at radius 1 is 0.955 bits per heavy atom. The molecule has 2 aromatic carbocycles. The fraction of sp³-hybridized carbons (Fsp3) is 0.0667. The second kappa shape index (κ2) is 6.30. The quantitative estimate of drug-likeness (QED) is 0.538. The standard InChI is InChI=1S/C15H10F3NO3/c1-8(20)19-9-2-4-10(5-3-9)22-15(21)11-6-13(17)14(18)7-12(11)16/h2-7H,1H3,(H,19,20). The lowest BCUT2D eigenvalue weighted by atomic mass is 10.2. The third kappa shape index (κ3) is 3.63. The summed E-state index contributed by atoms with van der Waals surface area (Å²) >= 11 is 0. The molecule has 0 aliphatic heterocycles. The van der Waals surface area contributed by atoms with Gasteiger partial charge < -0.3 is 10.1 Å². The smallest absolute Gasteiger partial charge is 0.346 e. The van der Waals surface area contributed by atoms with Crippen LogP contribution in [0.25, 0.3) is 0 Å². The minimum Gasteiger partial charge on any atom is -0.423 e. The van der Waals surface area contributed by atoms with Gasteiger partial charge in [0.2, 0.25) is 5.91 Å². The molecule has 0 aliphatic carbocycles. The highest BCUT2D eigenvalue weighted by Crippen LogP contribution is 2.19. The van der Waals surface area contributed by atoms with Crippen LogP contribution in [0, 0.1) is 17.5 Å². The molecule has 0 saturated heterocycles. The number of benzene rings is 2. The summed E-state index contributed by atoms with van der Waals surface area (Å²) in [6, 6.07) is 6.35. The van der Waals surface area contributed by atoms with Crippen LogP contribution in [-0.2, 0) is 4.79 Å². The van der Waals surface area contributed by atoms with Gasteiger partial charge in [-0.3, -0.25) is 4.79 Å². The van der Waals surface area contributed by atoms with Crippen LogP contribution in [0.5, 0.6) is 5.75 Å². The van der Waals surface area contributed by atoms with Crippen LogP contribution in [0.1, 0.15) is 17.3 Å². The van der Waals surface area contributed by atoms with Crippen LogP contribution in [0.2, 0.25) is 0 Å². The SMILES string of the molecule is CC(=O)Nc1ccc(OC(=O)c2cc(F)c(F)cc2F)cc1. The highest BCUT2D eigenvalue weighted by atomic mass is 19.2. The molecule has 7 heteroatoms. The van der Waals surface area contributed by atoms with Gasteiger partial charge in [0, 0.05) is 18.7 Å². The lowest BCUT2D eigenvalue weighted by molar-refractivity contribution is -0.114. The van der Waals surface area contributed by atoms with E-state index in [-0.39, 0.29) is 17.7 Å². The molecule has 22 heavy (non-hydrogen) atoms. The maximum Gasteiger partial charge on any atom is 0.346 e. The largest absolute Gasteiger partial charge is 0.423 e. The Hall–Kier alpha value is -2.83. The Morgan fingerprint density at radius 3 is 2.14 bits per heavy atom. The van der Waals surface area contributed by atoms with Crippen molar-refractivity contribution in [2.45, 2.75) is 6.92 Å². The predicted octanol–water partition coefficient (Wildman–Crippen LogP) is 3.28. The molecule has 0 heterocycles. The van der Waals surface area contributed by atoms with Gasteiger partial charge in [0.15, 0.2) is 11.6 Å². The summed E-state index contributed by atoms with van der Waals surface area (Å²) < 4.78 is 44.1. The van der Waals surface area contributed by atoms with Gasteiger partial charge in [0.25, 0.3) is 0 Å². The molecule has 0 unspecified atom stereocenters. The third-order valence-electron chi connectivity index (χ3n) is 2.62. The number of nitrogens with one attached hydrogen (secondary N) is 1. The van der Waals surface area contributed by atoms with Crippen LogP contribution in [0.15, 0.2) is 36.4 Å². The normalized spacial score (nSPS) is 10.2. The first kappa shape index (κ1) is 15.6. The van der Waals surface area contributed by atoms with Crippen molar-refractivity contribution in [3.8, 4) is 5.75 Å². The number of carbonyl (C=O) groups excluding carboxylic acids is 2. The molecule has 2 aromatic rings. The average Bonchev–Trinajstić information content (AvgIpc) is 2.44. The second-order valence-electron chi connectivity index (χ2n) is 4.34. The minimum atomic E-state index is -1.39. The number of hydrogen-bond acceptors (Lipinski definition) is 3. The number of hydrogen-bond donors (Lipinski definition) is 1. The first-order valence-corrected chi connectivity index (χ1v) is 6.11. The molecule has 0 atom stereocenters. The van der Waals surface area contributed by atoms with Crippen molar-refractivity contribution in [1.82, 2.24) is 0 Å². The number of rotatable bonds is 3. The van der Waals surface area contributed by atoms with E-state index in [9.17, 15) is 22.8 Å². The minimum absolute atomic E-state index is 0.0586. The maximum absolute atomic E-state index is 13.4. The van der Waals surface area contributed by atoms with Crippen molar-refractivity contribution < 1.29 is 27.5 Å².